The molecule has 2 atom stereocenters. The lowest BCUT2D eigenvalue weighted by Gasteiger charge is -2.17. The summed E-state index contributed by atoms with van der Waals surface area (Å²) in [5.41, 5.74) is 1.11. The van der Waals surface area contributed by atoms with Gasteiger partial charge in [0.2, 0.25) is 0 Å². The highest BCUT2D eigenvalue weighted by Crippen LogP contribution is 2.21. The molecule has 0 aliphatic carbocycles. The Labute approximate surface area is 96.0 Å². The summed E-state index contributed by atoms with van der Waals surface area (Å²) in [5.74, 6) is 0. The molecule has 0 bridgehead atoms. The minimum Gasteiger partial charge on any atom is -0.411 e. The van der Waals surface area contributed by atoms with Gasteiger partial charge in [0.15, 0.2) is 0 Å². The van der Waals surface area contributed by atoms with Gasteiger partial charge in [0.1, 0.15) is 6.10 Å². The third kappa shape index (κ3) is 3.02. The van der Waals surface area contributed by atoms with Crippen molar-refractivity contribution in [2.75, 3.05) is 5.33 Å². The lowest BCUT2D eigenvalue weighted by Crippen LogP contribution is -2.20. The number of oxime groups is 1. The fourth-order valence-electron chi connectivity index (χ4n) is 1.25. The summed E-state index contributed by atoms with van der Waals surface area (Å²) < 4.78 is 0. The van der Waals surface area contributed by atoms with Crippen molar-refractivity contribution in [2.45, 2.75) is 12.2 Å². The van der Waals surface area contributed by atoms with E-state index in [-0.39, 0.29) is 5.33 Å². The van der Waals surface area contributed by atoms with Gasteiger partial charge in [-0.3, -0.25) is 0 Å². The second kappa shape index (κ2) is 5.85. The lowest BCUT2D eigenvalue weighted by atomic mass is 10.00. The number of nitrogens with zero attached hydrogens (tertiary/aromatic N) is 1. The van der Waals surface area contributed by atoms with Crippen molar-refractivity contribution < 1.29 is 15.4 Å². The predicted octanol–water partition coefficient (Wildman–Crippen LogP) is 1.28. The second-order valence-corrected chi connectivity index (χ2v) is 3.69. The van der Waals surface area contributed by atoms with Gasteiger partial charge in [0.05, 0.1) is 12.3 Å². The monoisotopic (exact) mass is 273 g/mol. The van der Waals surface area contributed by atoms with Crippen LogP contribution in [0.3, 0.4) is 0 Å². The molecule has 4 nitrogen and oxygen atoms in total. The first-order valence-corrected chi connectivity index (χ1v) is 5.51. The lowest BCUT2D eigenvalue weighted by molar-refractivity contribution is 0.0342. The average Bonchev–Trinajstić information content (AvgIpc) is 2.28. The Morgan fingerprint density at radius 2 is 2.00 bits per heavy atom. The maximum Gasteiger partial charge on any atom is 0.106 e. The van der Waals surface area contributed by atoms with Crippen molar-refractivity contribution in [2.24, 2.45) is 5.16 Å². The molecule has 0 fully saturated rings. The van der Waals surface area contributed by atoms with E-state index in [9.17, 15) is 10.2 Å². The summed E-state index contributed by atoms with van der Waals surface area (Å²) in [4.78, 5) is 0. The van der Waals surface area contributed by atoms with Gasteiger partial charge in [-0.1, -0.05) is 45.4 Å². The van der Waals surface area contributed by atoms with Crippen LogP contribution in [0.4, 0.5) is 0 Å². The molecule has 0 saturated heterocycles. The van der Waals surface area contributed by atoms with Crippen molar-refractivity contribution in [1.29, 1.82) is 0 Å². The molecule has 0 spiro atoms. The smallest absolute Gasteiger partial charge is 0.106 e. The van der Waals surface area contributed by atoms with Crippen molar-refractivity contribution in [3.05, 3.63) is 35.4 Å². The summed E-state index contributed by atoms with van der Waals surface area (Å²) in [5, 5.41) is 30.9. The largest absolute Gasteiger partial charge is 0.411 e. The second-order valence-electron chi connectivity index (χ2n) is 3.04. The molecule has 0 radical (unpaired) electrons. The Hall–Kier alpha value is -0.910. The number of hydrogen-bond donors (Lipinski definition) is 3. The van der Waals surface area contributed by atoms with Crippen molar-refractivity contribution in [3.8, 4) is 0 Å². The zero-order chi connectivity index (χ0) is 11.3. The van der Waals surface area contributed by atoms with Gasteiger partial charge < -0.3 is 15.4 Å². The standard InChI is InChI=1S/C10H12BrNO3/c11-5-9(13)10(14)8-4-2-1-3-7(8)6-12-15/h1-4,6,9-10,13-15H,5H2. The van der Waals surface area contributed by atoms with E-state index < -0.39 is 12.2 Å². The van der Waals surface area contributed by atoms with E-state index in [0.717, 1.165) is 0 Å². The Balaban J connectivity index is 3.01. The minimum atomic E-state index is -1.00. The fraction of sp³-hybridized carbons (Fsp3) is 0.300. The van der Waals surface area contributed by atoms with Gasteiger partial charge in [0.25, 0.3) is 0 Å². The third-order valence-electron chi connectivity index (χ3n) is 2.03. The molecule has 5 heteroatoms. The van der Waals surface area contributed by atoms with Gasteiger partial charge in [-0.25, -0.2) is 0 Å². The molecule has 15 heavy (non-hydrogen) atoms. The van der Waals surface area contributed by atoms with E-state index >= 15 is 0 Å². The van der Waals surface area contributed by atoms with E-state index in [1.165, 1.54) is 6.21 Å². The summed E-state index contributed by atoms with van der Waals surface area (Å²) in [6.07, 6.45) is -0.670. The molecule has 0 heterocycles. The van der Waals surface area contributed by atoms with Crippen molar-refractivity contribution in [1.82, 2.24) is 0 Å². The molecule has 0 amide bonds. The molecule has 1 aromatic rings. The molecular formula is C10H12BrNO3. The van der Waals surface area contributed by atoms with E-state index in [1.807, 2.05) is 0 Å². The third-order valence-corrected chi connectivity index (χ3v) is 2.70. The first kappa shape index (κ1) is 12.2. The molecule has 0 aliphatic rings. The molecule has 0 saturated carbocycles. The number of benzene rings is 1. The maximum absolute atomic E-state index is 9.77. The molecular weight excluding hydrogens is 262 g/mol. The van der Waals surface area contributed by atoms with Crippen LogP contribution in [0.1, 0.15) is 17.2 Å². The van der Waals surface area contributed by atoms with E-state index in [2.05, 4.69) is 21.1 Å². The van der Waals surface area contributed by atoms with Crippen molar-refractivity contribution in [3.63, 3.8) is 0 Å². The SMILES string of the molecule is ON=Cc1ccccc1C(O)C(O)CBr. The van der Waals surface area contributed by atoms with Crippen LogP contribution in [0.25, 0.3) is 0 Å². The van der Waals surface area contributed by atoms with Crippen LogP contribution >= 0.6 is 15.9 Å². The Kier molecular flexibility index (Phi) is 4.74. The summed E-state index contributed by atoms with van der Waals surface area (Å²) >= 11 is 3.08. The van der Waals surface area contributed by atoms with E-state index in [1.54, 1.807) is 24.3 Å². The highest BCUT2D eigenvalue weighted by atomic mass is 79.9. The van der Waals surface area contributed by atoms with Crippen LogP contribution in [0.15, 0.2) is 29.4 Å². The molecule has 3 N–H and O–H groups in total. The van der Waals surface area contributed by atoms with Crippen LogP contribution < -0.4 is 0 Å². The molecule has 82 valence electrons. The normalized spacial score (nSPS) is 15.4. The van der Waals surface area contributed by atoms with Crippen LogP contribution in [-0.2, 0) is 0 Å². The highest BCUT2D eigenvalue weighted by molar-refractivity contribution is 9.09. The Bertz CT molecular complexity index is 343. The molecule has 0 aromatic heterocycles. The van der Waals surface area contributed by atoms with Crippen molar-refractivity contribution >= 4 is 22.1 Å². The topological polar surface area (TPSA) is 73.1 Å². The quantitative estimate of drug-likeness (QED) is 0.335. The average molecular weight is 274 g/mol. The van der Waals surface area contributed by atoms with E-state index in [4.69, 9.17) is 5.21 Å². The number of hydrogen-bond acceptors (Lipinski definition) is 4. The zero-order valence-corrected chi connectivity index (χ0v) is 9.50. The highest BCUT2D eigenvalue weighted by Gasteiger charge is 2.19. The first-order valence-electron chi connectivity index (χ1n) is 4.39. The Morgan fingerprint density at radius 1 is 1.33 bits per heavy atom. The first-order chi connectivity index (χ1) is 7.20. The zero-order valence-electron chi connectivity index (χ0n) is 7.92. The number of rotatable bonds is 4. The van der Waals surface area contributed by atoms with Gasteiger partial charge in [-0.05, 0) is 5.56 Å². The predicted molar refractivity (Wildman–Crippen MR) is 60.6 cm³/mol. The fourth-order valence-corrected chi connectivity index (χ4v) is 1.61. The van der Waals surface area contributed by atoms with Gasteiger partial charge in [-0.2, -0.15) is 0 Å². The van der Waals surface area contributed by atoms with Gasteiger partial charge in [0, 0.05) is 10.9 Å². The van der Waals surface area contributed by atoms with Crippen LogP contribution in [0, 0.1) is 0 Å². The number of aliphatic hydroxyl groups excluding tert-OH is 2. The van der Waals surface area contributed by atoms with Gasteiger partial charge >= 0.3 is 0 Å². The molecule has 0 aliphatic heterocycles. The van der Waals surface area contributed by atoms with Crippen LogP contribution in [0.5, 0.6) is 0 Å². The number of halogens is 1. The summed E-state index contributed by atoms with van der Waals surface area (Å²) in [6, 6.07) is 6.87. The maximum atomic E-state index is 9.77. The molecule has 1 aromatic carbocycles. The van der Waals surface area contributed by atoms with E-state index in [0.29, 0.717) is 11.1 Å². The molecule has 1 rings (SSSR count). The Morgan fingerprint density at radius 3 is 2.60 bits per heavy atom. The van der Waals surface area contributed by atoms with Crippen LogP contribution in [0.2, 0.25) is 0 Å². The minimum absolute atomic E-state index is 0.277. The van der Waals surface area contributed by atoms with Gasteiger partial charge in [-0.15, -0.1) is 0 Å². The molecule has 2 unspecified atom stereocenters. The number of aliphatic hydroxyl groups is 2. The van der Waals surface area contributed by atoms with Crippen LogP contribution in [-0.4, -0.2) is 33.1 Å². The number of alkyl halides is 1. The summed E-state index contributed by atoms with van der Waals surface area (Å²) in [6.45, 7) is 0. The summed E-state index contributed by atoms with van der Waals surface area (Å²) in [7, 11) is 0.